The van der Waals surface area contributed by atoms with Crippen LogP contribution in [0, 0.1) is 0 Å². The van der Waals surface area contributed by atoms with Gasteiger partial charge in [0, 0.05) is 24.4 Å². The monoisotopic (exact) mass is 208 g/mol. The van der Waals surface area contributed by atoms with Crippen molar-refractivity contribution in [2.75, 3.05) is 33.3 Å². The summed E-state index contributed by atoms with van der Waals surface area (Å²) < 4.78 is 4.95. The molecule has 1 aliphatic heterocycles. The molecule has 0 atom stereocenters. The largest absolute Gasteiger partial charge is 0.491 e. The van der Waals surface area contributed by atoms with Gasteiger partial charge < -0.3 is 10.1 Å². The van der Waals surface area contributed by atoms with Crippen molar-refractivity contribution < 1.29 is 9.94 Å². The van der Waals surface area contributed by atoms with Gasteiger partial charge in [0.2, 0.25) is 5.69 Å². The predicted octanol–water partition coefficient (Wildman–Crippen LogP) is 0.951. The van der Waals surface area contributed by atoms with E-state index in [1.807, 2.05) is 24.3 Å². The summed E-state index contributed by atoms with van der Waals surface area (Å²) in [4.78, 5) is 0. The smallest absolute Gasteiger partial charge is 0.210 e. The SMILES string of the molecule is COc1ccccc1[N+]1([O])CCNCC1. The quantitative estimate of drug-likeness (QED) is 0.735. The third-order valence-electron chi connectivity index (χ3n) is 2.82. The Balaban J connectivity index is 2.34. The molecule has 0 bridgehead atoms. The van der Waals surface area contributed by atoms with Crippen LogP contribution in [0.5, 0.6) is 5.75 Å². The van der Waals surface area contributed by atoms with Gasteiger partial charge >= 0.3 is 0 Å². The van der Waals surface area contributed by atoms with Crippen LogP contribution in [0.4, 0.5) is 5.69 Å². The highest BCUT2D eigenvalue weighted by Gasteiger charge is 2.36. The highest BCUT2D eigenvalue weighted by molar-refractivity contribution is 5.54. The van der Waals surface area contributed by atoms with Crippen molar-refractivity contribution in [3.05, 3.63) is 24.3 Å². The van der Waals surface area contributed by atoms with Gasteiger partial charge in [0.25, 0.3) is 0 Å². The van der Waals surface area contributed by atoms with E-state index >= 15 is 0 Å². The number of methoxy groups -OCH3 is 1. The molecule has 0 aliphatic carbocycles. The van der Waals surface area contributed by atoms with E-state index in [0.717, 1.165) is 18.8 Å². The molecule has 1 aromatic rings. The lowest BCUT2D eigenvalue weighted by atomic mass is 10.2. The van der Waals surface area contributed by atoms with E-state index in [9.17, 15) is 5.21 Å². The summed E-state index contributed by atoms with van der Waals surface area (Å²) in [6.45, 7) is 2.67. The first-order valence-electron chi connectivity index (χ1n) is 5.19. The highest BCUT2D eigenvalue weighted by Crippen LogP contribution is 2.32. The molecule has 0 saturated carbocycles. The molecule has 2 rings (SSSR count). The van der Waals surface area contributed by atoms with Crippen molar-refractivity contribution in [3.63, 3.8) is 0 Å². The molecule has 4 nitrogen and oxygen atoms in total. The minimum Gasteiger partial charge on any atom is -0.491 e. The molecule has 1 aliphatic rings. The molecule has 1 saturated heterocycles. The van der Waals surface area contributed by atoms with Crippen LogP contribution in [0.2, 0.25) is 0 Å². The average Bonchev–Trinajstić information content (AvgIpc) is 2.30. The first-order chi connectivity index (χ1) is 7.26. The van der Waals surface area contributed by atoms with Crippen molar-refractivity contribution in [2.24, 2.45) is 0 Å². The Kier molecular flexibility index (Phi) is 2.90. The van der Waals surface area contributed by atoms with Crippen LogP contribution < -0.4 is 14.7 Å². The highest BCUT2D eigenvalue weighted by atomic mass is 16.6. The third-order valence-corrected chi connectivity index (χ3v) is 2.82. The summed E-state index contributed by atoms with van der Waals surface area (Å²) in [5.41, 5.74) is 0.738. The third kappa shape index (κ3) is 1.97. The second-order valence-corrected chi connectivity index (χ2v) is 3.76. The topological polar surface area (TPSA) is 41.2 Å². The van der Waals surface area contributed by atoms with E-state index < -0.39 is 0 Å². The van der Waals surface area contributed by atoms with Gasteiger partial charge in [-0.25, -0.2) is 0 Å². The molecule has 0 unspecified atom stereocenters. The van der Waals surface area contributed by atoms with Gasteiger partial charge in [0.15, 0.2) is 5.75 Å². The molecule has 1 radical (unpaired) electrons. The van der Waals surface area contributed by atoms with E-state index in [1.54, 1.807) is 7.11 Å². The number of nitrogens with zero attached hydrogens (tertiary/aromatic N) is 1. The van der Waals surface area contributed by atoms with Crippen molar-refractivity contribution >= 4 is 5.69 Å². The maximum absolute atomic E-state index is 12.5. The average molecular weight is 208 g/mol. The molecule has 1 aromatic carbocycles. The molecular weight excluding hydrogens is 192 g/mol. The lowest BCUT2D eigenvalue weighted by molar-refractivity contribution is -0.151. The first-order valence-corrected chi connectivity index (χ1v) is 5.19. The van der Waals surface area contributed by atoms with Crippen molar-refractivity contribution in [1.82, 2.24) is 9.96 Å². The standard InChI is InChI=1S/C11H16N2O2/c1-15-11-5-3-2-4-10(11)13(14)8-6-12-7-9-13/h2-5,12H,6-9H2,1H3/q+1. The number of nitrogens with one attached hydrogen (secondary N) is 1. The van der Waals surface area contributed by atoms with E-state index in [2.05, 4.69) is 5.32 Å². The fraction of sp³-hybridized carbons (Fsp3) is 0.455. The molecule has 1 fully saturated rings. The molecule has 0 amide bonds. The van der Waals surface area contributed by atoms with Crippen LogP contribution in [0.1, 0.15) is 0 Å². The first kappa shape index (κ1) is 10.4. The molecular formula is C11H16N2O2+. The molecule has 4 heteroatoms. The van der Waals surface area contributed by atoms with E-state index in [4.69, 9.17) is 4.74 Å². The fourth-order valence-corrected chi connectivity index (χ4v) is 1.96. The summed E-state index contributed by atoms with van der Waals surface area (Å²) >= 11 is 0. The van der Waals surface area contributed by atoms with Gasteiger partial charge in [0.1, 0.15) is 13.1 Å². The van der Waals surface area contributed by atoms with Gasteiger partial charge in [-0.3, -0.25) is 0 Å². The normalized spacial score (nSPS) is 19.9. The van der Waals surface area contributed by atoms with Gasteiger partial charge in [-0.05, 0) is 6.07 Å². The zero-order valence-electron chi connectivity index (χ0n) is 8.90. The Labute approximate surface area is 89.6 Å². The Morgan fingerprint density at radius 2 is 1.93 bits per heavy atom. The fourth-order valence-electron chi connectivity index (χ4n) is 1.96. The van der Waals surface area contributed by atoms with E-state index in [-0.39, 0.29) is 4.65 Å². The maximum Gasteiger partial charge on any atom is 0.210 e. The van der Waals surface area contributed by atoms with Crippen LogP contribution in [0.25, 0.3) is 0 Å². The lowest BCUT2D eigenvalue weighted by Gasteiger charge is -2.30. The number of quaternary nitrogens is 1. The van der Waals surface area contributed by atoms with Gasteiger partial charge in [-0.2, -0.15) is 0 Å². The summed E-state index contributed by atoms with van der Waals surface area (Å²) in [6, 6.07) is 7.47. The Morgan fingerprint density at radius 1 is 1.27 bits per heavy atom. The summed E-state index contributed by atoms with van der Waals surface area (Å²) in [6.07, 6.45) is 0. The van der Waals surface area contributed by atoms with Crippen LogP contribution in [-0.2, 0) is 5.21 Å². The van der Waals surface area contributed by atoms with E-state index in [0.29, 0.717) is 18.8 Å². The van der Waals surface area contributed by atoms with Crippen molar-refractivity contribution in [1.29, 1.82) is 0 Å². The zero-order chi connectivity index (χ0) is 10.7. The minimum atomic E-state index is -0.281. The number of benzene rings is 1. The van der Waals surface area contributed by atoms with Crippen molar-refractivity contribution in [3.8, 4) is 5.75 Å². The molecule has 81 valence electrons. The molecule has 1 heterocycles. The number of ether oxygens (including phenoxy) is 1. The van der Waals surface area contributed by atoms with Crippen LogP contribution in [-0.4, -0.2) is 33.3 Å². The maximum atomic E-state index is 12.5. The van der Waals surface area contributed by atoms with Gasteiger partial charge in [-0.15, -0.1) is 4.65 Å². The van der Waals surface area contributed by atoms with E-state index in [1.165, 1.54) is 0 Å². The van der Waals surface area contributed by atoms with Gasteiger partial charge in [-0.1, -0.05) is 12.1 Å². The Hall–Kier alpha value is -1.10. The molecule has 15 heavy (non-hydrogen) atoms. The summed E-state index contributed by atoms with van der Waals surface area (Å²) in [7, 11) is 1.60. The van der Waals surface area contributed by atoms with Gasteiger partial charge in [0.05, 0.1) is 7.11 Å². The number of hydrogen-bond acceptors (Lipinski definition) is 2. The molecule has 0 aromatic heterocycles. The van der Waals surface area contributed by atoms with Crippen LogP contribution in [0.3, 0.4) is 0 Å². The number of para-hydroxylation sites is 2. The number of rotatable bonds is 2. The number of piperazine rings is 1. The Morgan fingerprint density at radius 3 is 2.60 bits per heavy atom. The summed E-state index contributed by atoms with van der Waals surface area (Å²) in [5.74, 6) is 0.689. The molecule has 1 N–H and O–H groups in total. The Bertz CT molecular complexity index is 335. The second-order valence-electron chi connectivity index (χ2n) is 3.76. The summed E-state index contributed by atoms with van der Waals surface area (Å²) in [5, 5.41) is 15.7. The number of hydrogen-bond donors (Lipinski definition) is 1. The van der Waals surface area contributed by atoms with Crippen LogP contribution >= 0.6 is 0 Å². The minimum absolute atomic E-state index is 0.281. The van der Waals surface area contributed by atoms with Crippen LogP contribution in [0.15, 0.2) is 24.3 Å². The zero-order valence-corrected chi connectivity index (χ0v) is 8.90. The predicted molar refractivity (Wildman–Crippen MR) is 58.1 cm³/mol. The molecule has 0 spiro atoms. The van der Waals surface area contributed by atoms with Crippen molar-refractivity contribution in [2.45, 2.75) is 0 Å². The number of hydroxylamine groups is 2. The second kappa shape index (κ2) is 4.18. The lowest BCUT2D eigenvalue weighted by Crippen LogP contribution is -2.56.